The lowest BCUT2D eigenvalue weighted by Crippen LogP contribution is -1.99. The summed E-state index contributed by atoms with van der Waals surface area (Å²) in [6.45, 7) is 1.74. The molecule has 1 aromatic rings. The van der Waals surface area contributed by atoms with Crippen molar-refractivity contribution in [2.24, 2.45) is 0 Å². The van der Waals surface area contributed by atoms with Gasteiger partial charge in [0.15, 0.2) is 0 Å². The molecule has 2 rings (SSSR count). The first-order valence-corrected chi connectivity index (χ1v) is 4.17. The third-order valence-electron chi connectivity index (χ3n) is 2.06. The van der Waals surface area contributed by atoms with Gasteiger partial charge < -0.3 is 5.32 Å². The molecule has 0 unspecified atom stereocenters. The van der Waals surface area contributed by atoms with Gasteiger partial charge in [0.1, 0.15) is 0 Å². The predicted octanol–water partition coefficient (Wildman–Crippen LogP) is 1.67. The fourth-order valence-corrected chi connectivity index (χ4v) is 1.53. The van der Waals surface area contributed by atoms with E-state index in [9.17, 15) is 4.79 Å². The van der Waals surface area contributed by atoms with Crippen molar-refractivity contribution in [1.29, 1.82) is 0 Å². The van der Waals surface area contributed by atoms with Crippen molar-refractivity contribution in [3.05, 3.63) is 34.9 Å². The average Bonchev–Trinajstić information content (AvgIpc) is 2.49. The van der Waals surface area contributed by atoms with Crippen molar-refractivity contribution >= 4 is 16.8 Å². The van der Waals surface area contributed by atoms with Gasteiger partial charge in [0.2, 0.25) is 0 Å². The molecule has 0 saturated heterocycles. The molecule has 3 heteroatoms. The summed E-state index contributed by atoms with van der Waals surface area (Å²) in [6.07, 6.45) is 0. The fraction of sp³-hybridized carbons (Fsp3) is 0.222. The normalized spacial score (nSPS) is 14.4. The molecule has 0 aromatic heterocycles. The van der Waals surface area contributed by atoms with Crippen molar-refractivity contribution in [2.75, 3.05) is 0 Å². The molecule has 0 bridgehead atoms. The van der Waals surface area contributed by atoms with E-state index < -0.39 is 0 Å². The zero-order valence-corrected chi connectivity index (χ0v) is 7.19. The van der Waals surface area contributed by atoms with Crippen molar-refractivity contribution in [3.63, 3.8) is 0 Å². The van der Waals surface area contributed by atoms with E-state index in [-0.39, 0.29) is 5.24 Å². The molecule has 1 heterocycles. The van der Waals surface area contributed by atoms with Gasteiger partial charge in [0, 0.05) is 18.7 Å². The van der Waals surface area contributed by atoms with Gasteiger partial charge in [-0.1, -0.05) is 6.07 Å². The summed E-state index contributed by atoms with van der Waals surface area (Å²) in [5.41, 5.74) is 3.03. The Morgan fingerprint density at radius 2 is 2.08 bits per heavy atom. The van der Waals surface area contributed by atoms with E-state index in [0.29, 0.717) is 5.56 Å². The number of carbonyl (C=O) groups excluding carboxylic acids is 1. The first-order valence-electron chi connectivity index (χ1n) is 3.80. The molecule has 1 aliphatic heterocycles. The quantitative estimate of drug-likeness (QED) is 0.668. The summed E-state index contributed by atoms with van der Waals surface area (Å²) in [5, 5.41) is 2.81. The molecule has 0 spiro atoms. The highest BCUT2D eigenvalue weighted by molar-refractivity contribution is 6.67. The Kier molecular flexibility index (Phi) is 1.87. The summed E-state index contributed by atoms with van der Waals surface area (Å²) >= 11 is 5.35. The number of benzene rings is 1. The third-order valence-corrected chi connectivity index (χ3v) is 2.28. The largest absolute Gasteiger partial charge is 0.309 e. The SMILES string of the molecule is O=C(Cl)c1ccc2c(c1)CNC2. The average molecular weight is 182 g/mol. The smallest absolute Gasteiger partial charge is 0.252 e. The van der Waals surface area contributed by atoms with Crippen LogP contribution < -0.4 is 5.32 Å². The molecular formula is C9H8ClNO. The van der Waals surface area contributed by atoms with Gasteiger partial charge in [0.05, 0.1) is 0 Å². The topological polar surface area (TPSA) is 29.1 Å². The zero-order valence-electron chi connectivity index (χ0n) is 6.43. The maximum absolute atomic E-state index is 10.8. The number of fused-ring (bicyclic) bond motifs is 1. The first-order chi connectivity index (χ1) is 5.77. The summed E-state index contributed by atoms with van der Waals surface area (Å²) in [6, 6.07) is 5.57. The van der Waals surface area contributed by atoms with Crippen LogP contribution in [0.3, 0.4) is 0 Å². The second-order valence-corrected chi connectivity index (χ2v) is 3.20. The Morgan fingerprint density at radius 1 is 1.33 bits per heavy atom. The highest BCUT2D eigenvalue weighted by Crippen LogP contribution is 2.17. The molecule has 0 saturated carbocycles. The summed E-state index contributed by atoms with van der Waals surface area (Å²) < 4.78 is 0. The minimum atomic E-state index is -0.385. The first kappa shape index (κ1) is 7.77. The molecule has 1 aliphatic rings. The van der Waals surface area contributed by atoms with Crippen LogP contribution in [0.25, 0.3) is 0 Å². The van der Waals surface area contributed by atoms with Gasteiger partial charge in [0.25, 0.3) is 5.24 Å². The lowest BCUT2D eigenvalue weighted by molar-refractivity contribution is 0.108. The molecule has 1 N–H and O–H groups in total. The molecule has 0 aliphatic carbocycles. The van der Waals surface area contributed by atoms with E-state index in [1.165, 1.54) is 11.1 Å². The van der Waals surface area contributed by atoms with Crippen LogP contribution in [0.4, 0.5) is 0 Å². The van der Waals surface area contributed by atoms with Crippen LogP contribution in [0.15, 0.2) is 18.2 Å². The minimum absolute atomic E-state index is 0.385. The van der Waals surface area contributed by atoms with Gasteiger partial charge in [-0.3, -0.25) is 4.79 Å². The van der Waals surface area contributed by atoms with E-state index in [1.54, 1.807) is 6.07 Å². The van der Waals surface area contributed by atoms with Gasteiger partial charge in [-0.25, -0.2) is 0 Å². The Hall–Kier alpha value is -0.860. The maximum atomic E-state index is 10.8. The second kappa shape index (κ2) is 2.88. The van der Waals surface area contributed by atoms with Crippen LogP contribution in [0.5, 0.6) is 0 Å². The molecule has 2 nitrogen and oxygen atoms in total. The molecule has 62 valence electrons. The van der Waals surface area contributed by atoms with Gasteiger partial charge in [-0.2, -0.15) is 0 Å². The molecule has 0 fully saturated rings. The minimum Gasteiger partial charge on any atom is -0.309 e. The standard InChI is InChI=1S/C9H8ClNO/c10-9(12)6-1-2-7-4-11-5-8(7)3-6/h1-3,11H,4-5H2. The van der Waals surface area contributed by atoms with Gasteiger partial charge >= 0.3 is 0 Å². The molecule has 12 heavy (non-hydrogen) atoms. The molecule has 0 atom stereocenters. The van der Waals surface area contributed by atoms with Crippen LogP contribution in [-0.4, -0.2) is 5.24 Å². The Bertz CT molecular complexity index is 335. The summed E-state index contributed by atoms with van der Waals surface area (Å²) in [7, 11) is 0. The Morgan fingerprint density at radius 3 is 2.83 bits per heavy atom. The van der Waals surface area contributed by atoms with Crippen molar-refractivity contribution < 1.29 is 4.79 Å². The van der Waals surface area contributed by atoms with Crippen LogP contribution in [-0.2, 0) is 13.1 Å². The lowest BCUT2D eigenvalue weighted by Gasteiger charge is -1.98. The number of nitrogens with one attached hydrogen (secondary N) is 1. The number of hydrogen-bond acceptors (Lipinski definition) is 2. The zero-order chi connectivity index (χ0) is 8.55. The van der Waals surface area contributed by atoms with Gasteiger partial charge in [-0.05, 0) is 34.9 Å². The maximum Gasteiger partial charge on any atom is 0.252 e. The van der Waals surface area contributed by atoms with E-state index in [1.807, 2.05) is 12.1 Å². The highest BCUT2D eigenvalue weighted by Gasteiger charge is 2.11. The van der Waals surface area contributed by atoms with Crippen molar-refractivity contribution in [3.8, 4) is 0 Å². The lowest BCUT2D eigenvalue weighted by atomic mass is 10.1. The van der Waals surface area contributed by atoms with E-state index in [2.05, 4.69) is 5.32 Å². The number of hydrogen-bond donors (Lipinski definition) is 1. The van der Waals surface area contributed by atoms with E-state index in [0.717, 1.165) is 13.1 Å². The number of halogens is 1. The van der Waals surface area contributed by atoms with E-state index in [4.69, 9.17) is 11.6 Å². The summed E-state index contributed by atoms with van der Waals surface area (Å²) in [4.78, 5) is 10.8. The molecular weight excluding hydrogens is 174 g/mol. The fourth-order valence-electron chi connectivity index (χ4n) is 1.42. The monoisotopic (exact) mass is 181 g/mol. The highest BCUT2D eigenvalue weighted by atomic mass is 35.5. The number of carbonyl (C=O) groups is 1. The Labute approximate surface area is 75.5 Å². The van der Waals surface area contributed by atoms with Crippen LogP contribution >= 0.6 is 11.6 Å². The van der Waals surface area contributed by atoms with Gasteiger partial charge in [-0.15, -0.1) is 0 Å². The molecule has 0 amide bonds. The molecule has 0 radical (unpaired) electrons. The molecule has 1 aromatic carbocycles. The third kappa shape index (κ3) is 1.24. The van der Waals surface area contributed by atoms with Crippen LogP contribution in [0, 0.1) is 0 Å². The Balaban J connectivity index is 2.45. The summed E-state index contributed by atoms with van der Waals surface area (Å²) in [5.74, 6) is 0. The van der Waals surface area contributed by atoms with Crippen LogP contribution in [0.2, 0.25) is 0 Å². The van der Waals surface area contributed by atoms with Crippen molar-refractivity contribution in [2.45, 2.75) is 13.1 Å². The number of rotatable bonds is 1. The van der Waals surface area contributed by atoms with E-state index >= 15 is 0 Å². The van der Waals surface area contributed by atoms with Crippen LogP contribution in [0.1, 0.15) is 21.5 Å². The van der Waals surface area contributed by atoms with Crippen molar-refractivity contribution in [1.82, 2.24) is 5.32 Å². The predicted molar refractivity (Wildman–Crippen MR) is 47.2 cm³/mol. The second-order valence-electron chi connectivity index (χ2n) is 2.86.